The summed E-state index contributed by atoms with van der Waals surface area (Å²) in [4.78, 5) is 39.4. The van der Waals surface area contributed by atoms with Gasteiger partial charge >= 0.3 is 17.8 Å². The van der Waals surface area contributed by atoms with Crippen molar-refractivity contribution < 1.29 is 32.2 Å². The first-order chi connectivity index (χ1) is 16.8. The highest BCUT2D eigenvalue weighted by molar-refractivity contribution is 7.92. The van der Waals surface area contributed by atoms with Gasteiger partial charge in [-0.05, 0) is 35.2 Å². The Morgan fingerprint density at radius 1 is 1.08 bits per heavy atom. The normalized spacial score (nSPS) is 15.8. The molecule has 12 heteroatoms. The lowest BCUT2D eigenvalue weighted by Crippen LogP contribution is -2.39. The van der Waals surface area contributed by atoms with Crippen molar-refractivity contribution in [2.24, 2.45) is 5.10 Å². The van der Waals surface area contributed by atoms with Crippen LogP contribution in [0.2, 0.25) is 5.02 Å². The number of hydrogen-bond acceptors (Lipinski definition) is 7. The number of amidine groups is 1. The molecule has 0 saturated heterocycles. The van der Waals surface area contributed by atoms with Crippen LogP contribution in [-0.4, -0.2) is 61.5 Å². The van der Waals surface area contributed by atoms with E-state index < -0.39 is 27.8 Å². The lowest BCUT2D eigenvalue weighted by molar-refractivity contribution is -0.503. The summed E-state index contributed by atoms with van der Waals surface area (Å²) in [5.41, 5.74) is 0.386. The van der Waals surface area contributed by atoms with Crippen molar-refractivity contribution in [2.75, 3.05) is 18.9 Å². The van der Waals surface area contributed by atoms with Gasteiger partial charge in [-0.2, -0.15) is 0 Å². The van der Waals surface area contributed by atoms with Crippen LogP contribution in [0.5, 0.6) is 0 Å². The Labute approximate surface area is 213 Å². The summed E-state index contributed by atoms with van der Waals surface area (Å²) < 4.78 is 34.6. The molecule has 188 valence electrons. The highest BCUT2D eigenvalue weighted by Gasteiger charge is 2.51. The number of carbonyl (C=O) groups is 3. The minimum absolute atomic E-state index is 0.00569. The monoisotopic (exact) mass is 531 g/mol. The van der Waals surface area contributed by atoms with E-state index in [0.29, 0.717) is 0 Å². The highest BCUT2D eigenvalue weighted by atomic mass is 35.5. The van der Waals surface area contributed by atoms with Gasteiger partial charge in [0.05, 0.1) is 22.7 Å². The van der Waals surface area contributed by atoms with Crippen LogP contribution < -0.4 is 4.72 Å². The molecule has 36 heavy (non-hydrogen) atoms. The van der Waals surface area contributed by atoms with Crippen molar-refractivity contribution in [3.63, 3.8) is 0 Å². The van der Waals surface area contributed by atoms with Gasteiger partial charge < -0.3 is 4.74 Å². The average molecular weight is 532 g/mol. The number of anilines is 1. The van der Waals surface area contributed by atoms with Gasteiger partial charge in [0, 0.05) is 0 Å². The van der Waals surface area contributed by atoms with Crippen molar-refractivity contribution in [1.82, 2.24) is 4.90 Å². The predicted octanol–water partition coefficient (Wildman–Crippen LogP) is 3.01. The number of esters is 1. The third kappa shape index (κ3) is 4.28. The van der Waals surface area contributed by atoms with Gasteiger partial charge in [-0.25, -0.2) is 22.8 Å². The highest BCUT2D eigenvalue weighted by Crippen LogP contribution is 2.36. The Balaban J connectivity index is 1.69. The first-order valence-electron chi connectivity index (χ1n) is 10.9. The molecule has 2 aliphatic heterocycles. The summed E-state index contributed by atoms with van der Waals surface area (Å²) in [5.74, 6) is -2.12. The average Bonchev–Trinajstić information content (AvgIpc) is 3.31. The second kappa shape index (κ2) is 8.82. The summed E-state index contributed by atoms with van der Waals surface area (Å²) in [6.45, 7) is 6.04. The molecule has 0 aromatic heterocycles. The number of ether oxygens (including phenoxy) is 1. The van der Waals surface area contributed by atoms with Crippen molar-refractivity contribution in [3.8, 4) is 0 Å². The summed E-state index contributed by atoms with van der Waals surface area (Å²) in [5, 5.41) is 4.02. The lowest BCUT2D eigenvalue weighted by atomic mass is 9.87. The molecule has 2 heterocycles. The molecule has 0 bridgehead atoms. The lowest BCUT2D eigenvalue weighted by Gasteiger charge is -2.19. The second-order valence-corrected chi connectivity index (χ2v) is 11.4. The van der Waals surface area contributed by atoms with Crippen molar-refractivity contribution in [2.45, 2.75) is 37.5 Å². The maximum Gasteiger partial charge on any atom is 0.356 e. The molecule has 4 rings (SSSR count). The van der Waals surface area contributed by atoms with Gasteiger partial charge in [0.2, 0.25) is 0 Å². The fraction of sp³-hybridized carbons (Fsp3) is 0.292. The van der Waals surface area contributed by atoms with Gasteiger partial charge in [-0.15, -0.1) is 9.58 Å². The topological polar surface area (TPSA) is 125 Å². The van der Waals surface area contributed by atoms with E-state index >= 15 is 0 Å². The van der Waals surface area contributed by atoms with E-state index in [1.807, 2.05) is 20.8 Å². The van der Waals surface area contributed by atoms with Crippen LogP contribution >= 0.6 is 11.6 Å². The number of methoxy groups -OCH3 is 1. The quantitative estimate of drug-likeness (QED) is 0.367. The predicted molar refractivity (Wildman–Crippen MR) is 133 cm³/mol. The smallest absolute Gasteiger partial charge is 0.356 e. The molecule has 0 atom stereocenters. The number of amides is 2. The Morgan fingerprint density at radius 2 is 1.69 bits per heavy atom. The first kappa shape index (κ1) is 25.5. The van der Waals surface area contributed by atoms with Gasteiger partial charge in [0.1, 0.15) is 24.6 Å². The summed E-state index contributed by atoms with van der Waals surface area (Å²) >= 11 is 6.26. The van der Waals surface area contributed by atoms with E-state index in [1.165, 1.54) is 43.1 Å². The van der Waals surface area contributed by atoms with Gasteiger partial charge in [-0.3, -0.25) is 4.72 Å². The number of sulfonamides is 1. The molecule has 0 spiro atoms. The zero-order valence-electron chi connectivity index (χ0n) is 20.2. The molecule has 2 aromatic carbocycles. The third-order valence-corrected chi connectivity index (χ3v) is 7.61. The maximum absolute atomic E-state index is 13.4. The molecule has 2 amide bonds. The molecule has 0 fully saturated rings. The van der Waals surface area contributed by atoms with Crippen LogP contribution in [0.15, 0.2) is 46.4 Å². The standard InChI is InChI=1S/C24H23ClN4O6S/c1-24(2,3)13-6-8-14(9-7-13)36(33,34)27-16-11-10-15(25)19-20(16)22(31)29(21(19)30)18-12-17(23(32)35-5)26-28(18)4/h6-11H,12H2,1-5H3/p+1. The number of nitrogens with zero attached hydrogens (tertiary/aromatic N) is 3. The molecule has 0 radical (unpaired) electrons. The van der Waals surface area contributed by atoms with Gasteiger partial charge in [0.15, 0.2) is 5.71 Å². The van der Waals surface area contributed by atoms with Crippen molar-refractivity contribution >= 4 is 56.6 Å². The van der Waals surface area contributed by atoms with Crippen LogP contribution in [0.3, 0.4) is 0 Å². The van der Waals surface area contributed by atoms with E-state index in [0.717, 1.165) is 10.5 Å². The van der Waals surface area contributed by atoms with Crippen molar-refractivity contribution in [3.05, 3.63) is 58.1 Å². The Morgan fingerprint density at radius 3 is 2.28 bits per heavy atom. The Kier molecular flexibility index (Phi) is 6.26. The Bertz CT molecular complexity index is 1490. The first-order valence-corrected chi connectivity index (χ1v) is 12.7. The number of imide groups is 1. The van der Waals surface area contributed by atoms with Crippen LogP contribution in [0.4, 0.5) is 5.69 Å². The second-order valence-electron chi connectivity index (χ2n) is 9.33. The van der Waals surface area contributed by atoms with Gasteiger partial charge in [0.25, 0.3) is 15.9 Å². The van der Waals surface area contributed by atoms with Crippen LogP contribution in [-0.2, 0) is 25.0 Å². The molecule has 2 aromatic rings. The van der Waals surface area contributed by atoms with E-state index in [2.05, 4.69) is 14.6 Å². The number of halogens is 1. The number of fused-ring (bicyclic) bond motifs is 1. The molecule has 0 saturated carbocycles. The third-order valence-electron chi connectivity index (χ3n) is 5.91. The number of nitrogens with one attached hydrogen (secondary N) is 1. The van der Waals surface area contributed by atoms with E-state index in [-0.39, 0.29) is 50.1 Å². The zero-order valence-corrected chi connectivity index (χ0v) is 21.8. The molecule has 0 aliphatic carbocycles. The molecule has 10 nitrogen and oxygen atoms in total. The van der Waals surface area contributed by atoms with Crippen LogP contribution in [0.1, 0.15) is 53.5 Å². The molecule has 0 unspecified atom stereocenters. The Hall–Kier alpha value is -3.57. The molecular formula is C24H24ClN4O6S+. The summed E-state index contributed by atoms with van der Waals surface area (Å²) in [6.07, 6.45) is -0.132. The summed E-state index contributed by atoms with van der Waals surface area (Å²) in [7, 11) is -1.43. The molecule has 2 aliphatic rings. The fourth-order valence-electron chi connectivity index (χ4n) is 3.97. The number of rotatable bonds is 4. The molecule has 1 N–H and O–H groups in total. The molecular weight excluding hydrogens is 508 g/mol. The number of hydrogen-bond donors (Lipinski definition) is 1. The van der Waals surface area contributed by atoms with Crippen LogP contribution in [0.25, 0.3) is 0 Å². The van der Waals surface area contributed by atoms with Gasteiger partial charge in [-0.1, -0.05) is 49.6 Å². The van der Waals surface area contributed by atoms with E-state index in [9.17, 15) is 22.8 Å². The largest absolute Gasteiger partial charge is 0.464 e. The minimum Gasteiger partial charge on any atom is -0.464 e. The SMILES string of the molecule is COC(=O)C1=N[N+](C)=C(N2C(=O)c3c(Cl)ccc(NS(=O)(=O)c4ccc(C(C)(C)C)cc4)c3C2=O)C1. The minimum atomic E-state index is -4.10. The number of hydrazone groups is 1. The fourth-order valence-corrected chi connectivity index (χ4v) is 5.28. The van der Waals surface area contributed by atoms with Crippen molar-refractivity contribution in [1.29, 1.82) is 0 Å². The zero-order chi connectivity index (χ0) is 26.6. The number of carbonyl (C=O) groups excluding carboxylic acids is 3. The van der Waals surface area contributed by atoms with Crippen LogP contribution in [0, 0.1) is 0 Å². The van der Waals surface area contributed by atoms with E-state index in [1.54, 1.807) is 12.1 Å². The number of benzene rings is 2. The maximum atomic E-state index is 13.4. The van der Waals surface area contributed by atoms with E-state index in [4.69, 9.17) is 11.6 Å². The summed E-state index contributed by atoms with van der Waals surface area (Å²) in [6, 6.07) is 9.08.